The Kier molecular flexibility index (Phi) is 5.74. The van der Waals surface area contributed by atoms with Gasteiger partial charge in [-0.25, -0.2) is 0 Å². The molecule has 33 heavy (non-hydrogen) atoms. The molecule has 0 aromatic heterocycles. The fourth-order valence-corrected chi connectivity index (χ4v) is 4.75. The van der Waals surface area contributed by atoms with Gasteiger partial charge in [-0.05, 0) is 55.2 Å². The predicted molar refractivity (Wildman–Crippen MR) is 118 cm³/mol. The van der Waals surface area contributed by atoms with Gasteiger partial charge in [-0.15, -0.1) is 0 Å². The molecule has 0 radical (unpaired) electrons. The molecule has 1 fully saturated rings. The Balaban J connectivity index is 1.23. The van der Waals surface area contributed by atoms with Crippen LogP contribution in [0.5, 0.6) is 23.0 Å². The standard InChI is InChI=1S/C25H27NO7/c1-16(17-4-6-20-21(12-17)33-15-32-20)26-23(27)14-31-24(28)25(8-2-3-9-25)18-5-7-19-22(13-18)30-11-10-29-19/h4-7,12-13,16H,2-3,8-11,14-15H2,1H3,(H,26,27). The molecule has 2 aliphatic heterocycles. The minimum Gasteiger partial charge on any atom is -0.486 e. The molecule has 2 aromatic rings. The van der Waals surface area contributed by atoms with E-state index in [1.165, 1.54) is 0 Å². The lowest BCUT2D eigenvalue weighted by Gasteiger charge is -2.29. The maximum atomic E-state index is 13.2. The number of carbonyl (C=O) groups excluding carboxylic acids is 2. The van der Waals surface area contributed by atoms with E-state index in [9.17, 15) is 9.59 Å². The first-order valence-electron chi connectivity index (χ1n) is 11.3. The molecule has 1 N–H and O–H groups in total. The van der Waals surface area contributed by atoms with Gasteiger partial charge in [0.2, 0.25) is 6.79 Å². The molecule has 174 valence electrons. The third kappa shape index (κ3) is 4.17. The lowest BCUT2D eigenvalue weighted by molar-refractivity contribution is -0.154. The third-order valence-electron chi connectivity index (χ3n) is 6.55. The summed E-state index contributed by atoms with van der Waals surface area (Å²) in [6, 6.07) is 10.9. The van der Waals surface area contributed by atoms with Crippen LogP contribution in [0.15, 0.2) is 36.4 Å². The summed E-state index contributed by atoms with van der Waals surface area (Å²) in [7, 11) is 0. The molecule has 1 amide bonds. The fourth-order valence-electron chi connectivity index (χ4n) is 4.75. The van der Waals surface area contributed by atoms with E-state index in [-0.39, 0.29) is 31.3 Å². The number of rotatable bonds is 6. The molecule has 0 spiro atoms. The smallest absolute Gasteiger partial charge is 0.317 e. The third-order valence-corrected chi connectivity index (χ3v) is 6.55. The molecule has 2 aromatic carbocycles. The van der Waals surface area contributed by atoms with E-state index in [0.717, 1.165) is 24.0 Å². The van der Waals surface area contributed by atoms with Gasteiger partial charge in [-0.2, -0.15) is 0 Å². The van der Waals surface area contributed by atoms with Gasteiger partial charge >= 0.3 is 5.97 Å². The van der Waals surface area contributed by atoms with Crippen molar-refractivity contribution in [3.8, 4) is 23.0 Å². The van der Waals surface area contributed by atoms with E-state index in [2.05, 4.69) is 5.32 Å². The van der Waals surface area contributed by atoms with Crippen molar-refractivity contribution < 1.29 is 33.3 Å². The van der Waals surface area contributed by atoms with Gasteiger partial charge in [-0.1, -0.05) is 25.0 Å². The summed E-state index contributed by atoms with van der Waals surface area (Å²) in [6.45, 7) is 2.72. The summed E-state index contributed by atoms with van der Waals surface area (Å²) in [5.74, 6) is 1.94. The lowest BCUT2D eigenvalue weighted by Crippen LogP contribution is -2.38. The van der Waals surface area contributed by atoms with Crippen molar-refractivity contribution in [1.29, 1.82) is 0 Å². The second kappa shape index (κ2) is 8.84. The zero-order valence-corrected chi connectivity index (χ0v) is 18.6. The fraction of sp³-hybridized carbons (Fsp3) is 0.440. The van der Waals surface area contributed by atoms with Gasteiger partial charge in [0.05, 0.1) is 11.5 Å². The Morgan fingerprint density at radius 3 is 2.42 bits per heavy atom. The molecular formula is C25H27NO7. The molecule has 1 unspecified atom stereocenters. The SMILES string of the molecule is CC(NC(=O)COC(=O)C1(c2ccc3c(c2)OCCO3)CCCC1)c1ccc2c(c1)OCO2. The van der Waals surface area contributed by atoms with Gasteiger partial charge < -0.3 is 29.0 Å². The van der Waals surface area contributed by atoms with E-state index in [4.69, 9.17) is 23.7 Å². The molecule has 8 nitrogen and oxygen atoms in total. The average Bonchev–Trinajstić information content (AvgIpc) is 3.52. The zero-order chi connectivity index (χ0) is 22.8. The molecule has 0 saturated heterocycles. The minimum absolute atomic E-state index is 0.195. The molecule has 8 heteroatoms. The Morgan fingerprint density at radius 2 is 1.61 bits per heavy atom. The van der Waals surface area contributed by atoms with Crippen molar-refractivity contribution in [3.63, 3.8) is 0 Å². The van der Waals surface area contributed by atoms with Crippen LogP contribution in [0.25, 0.3) is 0 Å². The summed E-state index contributed by atoms with van der Waals surface area (Å²) in [5.41, 5.74) is 0.963. The highest BCUT2D eigenvalue weighted by atomic mass is 16.7. The maximum absolute atomic E-state index is 13.2. The summed E-state index contributed by atoms with van der Waals surface area (Å²) >= 11 is 0. The largest absolute Gasteiger partial charge is 0.486 e. The van der Waals surface area contributed by atoms with Crippen molar-refractivity contribution in [2.75, 3.05) is 26.6 Å². The molecule has 1 atom stereocenters. The van der Waals surface area contributed by atoms with E-state index in [1.807, 2.05) is 43.3 Å². The quantitative estimate of drug-likeness (QED) is 0.670. The van der Waals surface area contributed by atoms with E-state index in [1.54, 1.807) is 0 Å². The van der Waals surface area contributed by atoms with Crippen LogP contribution in [-0.2, 0) is 19.7 Å². The van der Waals surface area contributed by atoms with Gasteiger partial charge in [-0.3, -0.25) is 9.59 Å². The molecular weight excluding hydrogens is 426 g/mol. The van der Waals surface area contributed by atoms with Gasteiger partial charge in [0.1, 0.15) is 13.2 Å². The Bertz CT molecular complexity index is 1060. The zero-order valence-electron chi connectivity index (χ0n) is 18.6. The number of fused-ring (bicyclic) bond motifs is 2. The van der Waals surface area contributed by atoms with Crippen LogP contribution in [-0.4, -0.2) is 38.5 Å². The van der Waals surface area contributed by atoms with Crippen molar-refractivity contribution in [1.82, 2.24) is 5.32 Å². The van der Waals surface area contributed by atoms with Crippen LogP contribution in [0.3, 0.4) is 0 Å². The van der Waals surface area contributed by atoms with Crippen LogP contribution in [0.1, 0.15) is 49.8 Å². The number of hydrogen-bond acceptors (Lipinski definition) is 7. The van der Waals surface area contributed by atoms with Crippen molar-refractivity contribution in [2.45, 2.75) is 44.1 Å². The van der Waals surface area contributed by atoms with Crippen LogP contribution >= 0.6 is 0 Å². The normalized spacial score (nSPS) is 18.5. The number of ether oxygens (including phenoxy) is 5. The van der Waals surface area contributed by atoms with Crippen molar-refractivity contribution in [3.05, 3.63) is 47.5 Å². The summed E-state index contributed by atoms with van der Waals surface area (Å²) in [4.78, 5) is 25.8. The minimum atomic E-state index is -0.765. The maximum Gasteiger partial charge on any atom is 0.317 e. The first kappa shape index (κ1) is 21.4. The van der Waals surface area contributed by atoms with Crippen LogP contribution in [0.2, 0.25) is 0 Å². The van der Waals surface area contributed by atoms with Crippen LogP contribution < -0.4 is 24.3 Å². The molecule has 1 aliphatic carbocycles. The van der Waals surface area contributed by atoms with Gasteiger partial charge in [0, 0.05) is 0 Å². The highest BCUT2D eigenvalue weighted by molar-refractivity contribution is 5.87. The lowest BCUT2D eigenvalue weighted by atomic mass is 9.78. The number of hydrogen-bond donors (Lipinski definition) is 1. The Morgan fingerprint density at radius 1 is 0.939 bits per heavy atom. The van der Waals surface area contributed by atoms with E-state index < -0.39 is 5.41 Å². The molecule has 1 saturated carbocycles. The van der Waals surface area contributed by atoms with Gasteiger partial charge in [0.15, 0.2) is 29.6 Å². The highest BCUT2D eigenvalue weighted by Crippen LogP contribution is 2.45. The Hall–Kier alpha value is -3.42. The molecule has 5 rings (SSSR count). The monoisotopic (exact) mass is 453 g/mol. The number of esters is 1. The predicted octanol–water partition coefficient (Wildman–Crippen LogP) is 3.42. The van der Waals surface area contributed by atoms with Crippen molar-refractivity contribution >= 4 is 11.9 Å². The van der Waals surface area contributed by atoms with E-state index in [0.29, 0.717) is 49.1 Å². The number of amides is 1. The van der Waals surface area contributed by atoms with Gasteiger partial charge in [0.25, 0.3) is 5.91 Å². The van der Waals surface area contributed by atoms with Crippen molar-refractivity contribution in [2.24, 2.45) is 0 Å². The average molecular weight is 453 g/mol. The molecule has 2 heterocycles. The molecule has 3 aliphatic rings. The number of carbonyl (C=O) groups is 2. The van der Waals surface area contributed by atoms with Crippen LogP contribution in [0, 0.1) is 0 Å². The summed E-state index contributed by atoms with van der Waals surface area (Å²) in [6.07, 6.45) is 3.22. The Labute approximate surface area is 192 Å². The first-order valence-corrected chi connectivity index (χ1v) is 11.3. The second-order valence-electron chi connectivity index (χ2n) is 8.63. The van der Waals surface area contributed by atoms with E-state index >= 15 is 0 Å². The van der Waals surface area contributed by atoms with Crippen LogP contribution in [0.4, 0.5) is 0 Å². The molecule has 0 bridgehead atoms. The topological polar surface area (TPSA) is 92.3 Å². The summed E-state index contributed by atoms with van der Waals surface area (Å²) in [5, 5.41) is 2.88. The number of nitrogens with one attached hydrogen (secondary N) is 1. The second-order valence-corrected chi connectivity index (χ2v) is 8.63. The first-order chi connectivity index (χ1) is 16.0. The summed E-state index contributed by atoms with van der Waals surface area (Å²) < 4.78 is 27.6. The highest BCUT2D eigenvalue weighted by Gasteiger charge is 2.45. The number of benzene rings is 2.